The highest BCUT2D eigenvalue weighted by molar-refractivity contribution is 9.10. The number of benzene rings is 2. The second-order valence-corrected chi connectivity index (χ2v) is 5.90. The van der Waals surface area contributed by atoms with Crippen molar-refractivity contribution in [1.82, 2.24) is 5.32 Å². The Labute approximate surface area is 137 Å². The summed E-state index contributed by atoms with van der Waals surface area (Å²) in [7, 11) is 0. The normalized spacial score (nSPS) is 10.2. The van der Waals surface area contributed by atoms with Crippen LogP contribution in [0.15, 0.2) is 51.4 Å². The van der Waals surface area contributed by atoms with Crippen LogP contribution in [0.25, 0.3) is 0 Å². The minimum absolute atomic E-state index is 0.121. The lowest BCUT2D eigenvalue weighted by Gasteiger charge is -2.08. The van der Waals surface area contributed by atoms with Gasteiger partial charge in [-0.2, -0.15) is 0 Å². The third-order valence-corrected chi connectivity index (χ3v) is 4.27. The molecule has 0 saturated carbocycles. The molecule has 0 atom stereocenters. The van der Waals surface area contributed by atoms with Crippen LogP contribution in [0.5, 0.6) is 0 Å². The smallest absolute Gasteiger partial charge is 0.270 e. The number of nitro groups is 1. The van der Waals surface area contributed by atoms with Crippen molar-refractivity contribution in [2.24, 2.45) is 0 Å². The summed E-state index contributed by atoms with van der Waals surface area (Å²) < 4.78 is 1.40. The van der Waals surface area contributed by atoms with E-state index in [1.807, 2.05) is 24.3 Å². The second-order valence-electron chi connectivity index (χ2n) is 4.20. The molecule has 0 aliphatic rings. The summed E-state index contributed by atoms with van der Waals surface area (Å²) in [5.41, 5.74) is 1.04. The molecule has 0 unspecified atom stereocenters. The van der Waals surface area contributed by atoms with E-state index in [2.05, 4.69) is 37.2 Å². The average molecular weight is 414 g/mol. The molecule has 21 heavy (non-hydrogen) atoms. The summed E-state index contributed by atoms with van der Waals surface area (Å²) in [6.07, 6.45) is 0. The maximum atomic E-state index is 12.1. The third-order valence-electron chi connectivity index (χ3n) is 2.80. The molecule has 0 radical (unpaired) electrons. The third kappa shape index (κ3) is 3.89. The van der Waals surface area contributed by atoms with E-state index >= 15 is 0 Å². The van der Waals surface area contributed by atoms with E-state index in [1.165, 1.54) is 18.2 Å². The van der Waals surface area contributed by atoms with Crippen LogP contribution in [0, 0.1) is 10.1 Å². The number of non-ortho nitro benzene ring substituents is 1. The number of carbonyl (C=O) groups excluding carboxylic acids is 1. The van der Waals surface area contributed by atoms with Crippen molar-refractivity contribution in [3.05, 3.63) is 72.7 Å². The summed E-state index contributed by atoms with van der Waals surface area (Å²) in [6.45, 7) is 0.329. The van der Waals surface area contributed by atoms with Gasteiger partial charge in [-0.25, -0.2) is 0 Å². The molecule has 0 aliphatic heterocycles. The molecule has 2 aromatic rings. The molecule has 7 heteroatoms. The first-order chi connectivity index (χ1) is 9.99. The summed E-state index contributed by atoms with van der Waals surface area (Å²) in [4.78, 5) is 22.4. The van der Waals surface area contributed by atoms with Gasteiger partial charge in [-0.1, -0.05) is 34.1 Å². The topological polar surface area (TPSA) is 72.2 Å². The van der Waals surface area contributed by atoms with Crippen molar-refractivity contribution in [3.63, 3.8) is 0 Å². The Balaban J connectivity index is 2.15. The van der Waals surface area contributed by atoms with E-state index in [1.54, 1.807) is 0 Å². The first-order valence-corrected chi connectivity index (χ1v) is 7.53. The van der Waals surface area contributed by atoms with Gasteiger partial charge < -0.3 is 5.32 Å². The van der Waals surface area contributed by atoms with Crippen LogP contribution in [0.1, 0.15) is 15.9 Å². The number of halogens is 2. The largest absolute Gasteiger partial charge is 0.348 e. The number of rotatable bonds is 4. The van der Waals surface area contributed by atoms with Gasteiger partial charge in [0.15, 0.2) is 0 Å². The Hall–Kier alpha value is -1.73. The molecular formula is C14H10Br2N2O3. The van der Waals surface area contributed by atoms with Crippen molar-refractivity contribution >= 4 is 43.5 Å². The van der Waals surface area contributed by atoms with Gasteiger partial charge in [0, 0.05) is 27.6 Å². The standard InChI is InChI=1S/C14H10Br2N2O3/c15-12-4-2-1-3-9(12)8-17-14(19)11-7-10(18(20)21)5-6-13(11)16/h1-7H,8H2,(H,17,19). The lowest BCUT2D eigenvalue weighted by atomic mass is 10.1. The van der Waals surface area contributed by atoms with Crippen LogP contribution in [0.2, 0.25) is 0 Å². The molecule has 0 heterocycles. The van der Waals surface area contributed by atoms with E-state index in [0.29, 0.717) is 11.0 Å². The fraction of sp³-hybridized carbons (Fsp3) is 0.0714. The molecule has 0 fully saturated rings. The lowest BCUT2D eigenvalue weighted by molar-refractivity contribution is -0.384. The number of carbonyl (C=O) groups is 1. The van der Waals surface area contributed by atoms with E-state index in [0.717, 1.165) is 10.0 Å². The molecular weight excluding hydrogens is 404 g/mol. The maximum absolute atomic E-state index is 12.1. The Morgan fingerprint density at radius 3 is 2.52 bits per heavy atom. The van der Waals surface area contributed by atoms with Gasteiger partial charge in [-0.3, -0.25) is 14.9 Å². The van der Waals surface area contributed by atoms with Gasteiger partial charge in [0.1, 0.15) is 0 Å². The van der Waals surface area contributed by atoms with Gasteiger partial charge in [0.25, 0.3) is 11.6 Å². The molecule has 0 spiro atoms. The molecule has 0 aliphatic carbocycles. The predicted molar refractivity (Wildman–Crippen MR) is 86.1 cm³/mol. The Bertz CT molecular complexity index is 704. The van der Waals surface area contributed by atoms with Gasteiger partial charge in [0.2, 0.25) is 0 Å². The number of amides is 1. The zero-order chi connectivity index (χ0) is 15.4. The van der Waals surface area contributed by atoms with E-state index in [9.17, 15) is 14.9 Å². The Morgan fingerprint density at radius 1 is 1.14 bits per heavy atom. The molecule has 0 bridgehead atoms. The lowest BCUT2D eigenvalue weighted by Crippen LogP contribution is -2.23. The van der Waals surface area contributed by atoms with Crippen molar-refractivity contribution in [1.29, 1.82) is 0 Å². The molecule has 1 amide bonds. The number of nitro benzene ring substituents is 1. The van der Waals surface area contributed by atoms with Gasteiger partial charge in [-0.05, 0) is 33.6 Å². The van der Waals surface area contributed by atoms with Gasteiger partial charge in [0.05, 0.1) is 10.5 Å². The highest BCUT2D eigenvalue weighted by atomic mass is 79.9. The quantitative estimate of drug-likeness (QED) is 0.607. The summed E-state index contributed by atoms with van der Waals surface area (Å²) >= 11 is 6.63. The zero-order valence-electron chi connectivity index (χ0n) is 10.7. The van der Waals surface area contributed by atoms with Gasteiger partial charge in [-0.15, -0.1) is 0 Å². The summed E-state index contributed by atoms with van der Waals surface area (Å²) in [5, 5.41) is 13.5. The molecule has 0 aromatic heterocycles. The number of hydrogen-bond donors (Lipinski definition) is 1. The zero-order valence-corrected chi connectivity index (χ0v) is 13.8. The fourth-order valence-corrected chi connectivity index (χ4v) is 2.56. The maximum Gasteiger partial charge on any atom is 0.270 e. The van der Waals surface area contributed by atoms with Crippen molar-refractivity contribution in [3.8, 4) is 0 Å². The molecule has 5 nitrogen and oxygen atoms in total. The van der Waals surface area contributed by atoms with Crippen LogP contribution in [-0.4, -0.2) is 10.8 Å². The first kappa shape index (κ1) is 15.7. The Morgan fingerprint density at radius 2 is 1.86 bits per heavy atom. The van der Waals surface area contributed by atoms with Crippen molar-refractivity contribution in [2.75, 3.05) is 0 Å². The molecule has 1 N–H and O–H groups in total. The van der Waals surface area contributed by atoms with Crippen LogP contribution >= 0.6 is 31.9 Å². The second kappa shape index (κ2) is 6.82. The number of nitrogens with one attached hydrogen (secondary N) is 1. The number of hydrogen-bond acceptors (Lipinski definition) is 3. The minimum atomic E-state index is -0.531. The van der Waals surface area contributed by atoms with E-state index in [4.69, 9.17) is 0 Å². The van der Waals surface area contributed by atoms with Crippen LogP contribution in [-0.2, 0) is 6.54 Å². The molecule has 108 valence electrons. The monoisotopic (exact) mass is 412 g/mol. The van der Waals surface area contributed by atoms with Crippen LogP contribution in [0.4, 0.5) is 5.69 Å². The highest BCUT2D eigenvalue weighted by Gasteiger charge is 2.15. The summed E-state index contributed by atoms with van der Waals surface area (Å²) in [6, 6.07) is 11.6. The minimum Gasteiger partial charge on any atom is -0.348 e. The fourth-order valence-electron chi connectivity index (χ4n) is 1.71. The van der Waals surface area contributed by atoms with Crippen LogP contribution in [0.3, 0.4) is 0 Å². The van der Waals surface area contributed by atoms with E-state index in [-0.39, 0.29) is 17.2 Å². The highest BCUT2D eigenvalue weighted by Crippen LogP contribution is 2.23. The molecule has 2 aromatic carbocycles. The van der Waals surface area contributed by atoms with Crippen molar-refractivity contribution in [2.45, 2.75) is 6.54 Å². The van der Waals surface area contributed by atoms with Gasteiger partial charge >= 0.3 is 0 Å². The summed E-state index contributed by atoms with van der Waals surface area (Å²) in [5.74, 6) is -0.374. The first-order valence-electron chi connectivity index (χ1n) is 5.94. The van der Waals surface area contributed by atoms with Crippen LogP contribution < -0.4 is 5.32 Å². The number of nitrogens with zero attached hydrogens (tertiary/aromatic N) is 1. The SMILES string of the molecule is O=C(NCc1ccccc1Br)c1cc([N+](=O)[O-])ccc1Br. The molecule has 2 rings (SSSR count). The average Bonchev–Trinajstić information content (AvgIpc) is 2.46. The molecule has 0 saturated heterocycles. The Kier molecular flexibility index (Phi) is 5.08. The predicted octanol–water partition coefficient (Wildman–Crippen LogP) is 4.05. The van der Waals surface area contributed by atoms with E-state index < -0.39 is 4.92 Å². The van der Waals surface area contributed by atoms with Crippen molar-refractivity contribution < 1.29 is 9.72 Å².